The van der Waals surface area contributed by atoms with E-state index in [9.17, 15) is 23.3 Å². The number of nitrogens with zero attached hydrogens (tertiary/aromatic N) is 2. The number of rotatable bonds is 4. The molecule has 0 saturated heterocycles. The number of hydrogen-bond donors (Lipinski definition) is 1. The number of nitro groups is 1. The smallest absolute Gasteiger partial charge is 0.269 e. The van der Waals surface area contributed by atoms with Crippen LogP contribution in [0, 0.1) is 15.5 Å². The third kappa shape index (κ3) is 3.63. The van der Waals surface area contributed by atoms with E-state index in [0.717, 1.165) is 24.3 Å². The predicted octanol–water partition coefficient (Wildman–Crippen LogP) is 2.78. The van der Waals surface area contributed by atoms with Crippen LogP contribution in [0.1, 0.15) is 13.8 Å². The second kappa shape index (κ2) is 6.79. The van der Waals surface area contributed by atoms with E-state index in [0.29, 0.717) is 11.4 Å². The zero-order chi connectivity index (χ0) is 20.7. The van der Waals surface area contributed by atoms with Crippen molar-refractivity contribution >= 4 is 33.0 Å². The van der Waals surface area contributed by atoms with Crippen LogP contribution in [-0.4, -0.2) is 32.9 Å². The molecule has 0 bridgehead atoms. The minimum Gasteiger partial charge on any atom is -0.490 e. The van der Waals surface area contributed by atoms with Crippen LogP contribution in [0.5, 0.6) is 5.75 Å². The molecule has 2 aromatic rings. The Kier molecular flexibility index (Phi) is 4.76. The van der Waals surface area contributed by atoms with E-state index in [4.69, 9.17) is 4.74 Å². The van der Waals surface area contributed by atoms with Gasteiger partial charge in [0.15, 0.2) is 0 Å². The van der Waals surface area contributed by atoms with Gasteiger partial charge >= 0.3 is 0 Å². The molecule has 0 atom stereocenters. The average molecular weight is 405 g/mol. The van der Waals surface area contributed by atoms with Gasteiger partial charge in [0, 0.05) is 25.2 Å². The molecule has 0 saturated carbocycles. The van der Waals surface area contributed by atoms with E-state index >= 15 is 0 Å². The van der Waals surface area contributed by atoms with Crippen LogP contribution in [0.3, 0.4) is 0 Å². The minimum atomic E-state index is -3.95. The Balaban J connectivity index is 1.89. The van der Waals surface area contributed by atoms with Crippen molar-refractivity contribution in [3.63, 3.8) is 0 Å². The molecular formula is C18H19N3O6S. The van der Waals surface area contributed by atoms with Gasteiger partial charge in [0.25, 0.3) is 15.7 Å². The standard InChI is InChI=1S/C18H19N3O6S/c1-18(2)11-27-16-10-12(4-9-15(16)20(3)17(18)22)19-28(25,26)14-7-5-13(6-8-14)21(23)24/h4-10,19H,11H2,1-3H3. The van der Waals surface area contributed by atoms with Crippen molar-refractivity contribution in [2.45, 2.75) is 18.7 Å². The number of anilines is 2. The van der Waals surface area contributed by atoms with Crippen molar-refractivity contribution in [2.75, 3.05) is 23.3 Å². The highest BCUT2D eigenvalue weighted by molar-refractivity contribution is 7.92. The maximum Gasteiger partial charge on any atom is 0.269 e. The number of carbonyl (C=O) groups is 1. The molecule has 0 radical (unpaired) electrons. The summed E-state index contributed by atoms with van der Waals surface area (Å²) in [6.07, 6.45) is 0. The molecule has 28 heavy (non-hydrogen) atoms. The molecular weight excluding hydrogens is 386 g/mol. The Hall–Kier alpha value is -3.14. The fourth-order valence-electron chi connectivity index (χ4n) is 2.81. The molecule has 1 aliphatic heterocycles. The number of amides is 1. The highest BCUT2D eigenvalue weighted by Crippen LogP contribution is 2.37. The van der Waals surface area contributed by atoms with Gasteiger partial charge in [-0.15, -0.1) is 0 Å². The molecule has 0 fully saturated rings. The molecule has 0 aliphatic carbocycles. The van der Waals surface area contributed by atoms with Crippen LogP contribution >= 0.6 is 0 Å². The van der Waals surface area contributed by atoms with Crippen molar-refractivity contribution in [1.29, 1.82) is 0 Å². The lowest BCUT2D eigenvalue weighted by molar-refractivity contribution is -0.384. The molecule has 1 heterocycles. The van der Waals surface area contributed by atoms with Gasteiger partial charge in [0.2, 0.25) is 5.91 Å². The van der Waals surface area contributed by atoms with Gasteiger partial charge in [-0.3, -0.25) is 19.6 Å². The van der Waals surface area contributed by atoms with Crippen molar-refractivity contribution < 1.29 is 22.9 Å². The maximum absolute atomic E-state index is 12.6. The first-order valence-corrected chi connectivity index (χ1v) is 9.82. The van der Waals surface area contributed by atoms with Crippen molar-refractivity contribution in [3.05, 3.63) is 52.6 Å². The molecule has 1 aliphatic rings. The summed E-state index contributed by atoms with van der Waals surface area (Å²) in [4.78, 5) is 24.0. The van der Waals surface area contributed by atoms with Crippen LogP contribution in [0.15, 0.2) is 47.4 Å². The van der Waals surface area contributed by atoms with Crippen molar-refractivity contribution in [3.8, 4) is 5.75 Å². The summed E-state index contributed by atoms with van der Waals surface area (Å²) in [6.45, 7) is 3.70. The lowest BCUT2D eigenvalue weighted by Crippen LogP contribution is -2.39. The normalized spacial score (nSPS) is 16.0. The first kappa shape index (κ1) is 19.6. The number of benzene rings is 2. The summed E-state index contributed by atoms with van der Waals surface area (Å²) in [5.41, 5.74) is -0.133. The minimum absolute atomic E-state index is 0.106. The number of nitro benzene ring substituents is 1. The number of hydrogen-bond acceptors (Lipinski definition) is 6. The maximum atomic E-state index is 12.6. The first-order chi connectivity index (χ1) is 13.0. The zero-order valence-electron chi connectivity index (χ0n) is 15.5. The summed E-state index contributed by atoms with van der Waals surface area (Å²) in [6, 6.07) is 9.19. The van der Waals surface area contributed by atoms with Crippen molar-refractivity contribution in [2.24, 2.45) is 5.41 Å². The SMILES string of the molecule is CN1C(=O)C(C)(C)COc2cc(NS(=O)(=O)c3ccc([N+](=O)[O-])cc3)ccc21. The van der Waals surface area contributed by atoms with E-state index in [1.165, 1.54) is 17.0 Å². The highest BCUT2D eigenvalue weighted by Gasteiger charge is 2.36. The molecule has 0 spiro atoms. The number of nitrogens with one attached hydrogen (secondary N) is 1. The van der Waals surface area contributed by atoms with E-state index in [2.05, 4.69) is 4.72 Å². The number of carbonyl (C=O) groups excluding carboxylic acids is 1. The molecule has 1 amide bonds. The largest absolute Gasteiger partial charge is 0.490 e. The zero-order valence-corrected chi connectivity index (χ0v) is 16.3. The monoisotopic (exact) mass is 405 g/mol. The predicted molar refractivity (Wildman–Crippen MR) is 103 cm³/mol. The third-order valence-corrected chi connectivity index (χ3v) is 5.80. The molecule has 9 nitrogen and oxygen atoms in total. The van der Waals surface area contributed by atoms with Gasteiger partial charge in [0.1, 0.15) is 12.4 Å². The molecule has 10 heteroatoms. The number of ether oxygens (including phenoxy) is 1. The summed E-state index contributed by atoms with van der Waals surface area (Å²) >= 11 is 0. The fraction of sp³-hybridized carbons (Fsp3) is 0.278. The van der Waals surface area contributed by atoms with Crippen LogP contribution < -0.4 is 14.4 Å². The summed E-state index contributed by atoms with van der Waals surface area (Å²) in [7, 11) is -2.31. The van der Waals surface area contributed by atoms with Crippen LogP contribution in [-0.2, 0) is 14.8 Å². The second-order valence-corrected chi connectivity index (χ2v) is 8.76. The molecule has 2 aromatic carbocycles. The van der Waals surface area contributed by atoms with Gasteiger partial charge < -0.3 is 9.64 Å². The van der Waals surface area contributed by atoms with Crippen LogP contribution in [0.25, 0.3) is 0 Å². The molecule has 0 aromatic heterocycles. The third-order valence-electron chi connectivity index (χ3n) is 4.40. The average Bonchev–Trinajstić information content (AvgIpc) is 2.72. The highest BCUT2D eigenvalue weighted by atomic mass is 32.2. The van der Waals surface area contributed by atoms with Gasteiger partial charge in [0.05, 0.1) is 26.6 Å². The molecule has 148 valence electrons. The number of fused-ring (bicyclic) bond motifs is 1. The fourth-order valence-corrected chi connectivity index (χ4v) is 3.86. The van der Waals surface area contributed by atoms with E-state index in [-0.39, 0.29) is 28.8 Å². The lowest BCUT2D eigenvalue weighted by Gasteiger charge is -2.24. The second-order valence-electron chi connectivity index (χ2n) is 7.08. The van der Waals surface area contributed by atoms with E-state index in [1.54, 1.807) is 27.0 Å². The summed E-state index contributed by atoms with van der Waals surface area (Å²) in [5, 5.41) is 10.7. The first-order valence-electron chi connectivity index (χ1n) is 8.33. The summed E-state index contributed by atoms with van der Waals surface area (Å²) < 4.78 is 33.3. The Labute approximate surface area is 162 Å². The Morgan fingerprint density at radius 2 is 1.82 bits per heavy atom. The summed E-state index contributed by atoms with van der Waals surface area (Å²) in [5.74, 6) is 0.274. The number of non-ortho nitro benzene ring substituents is 1. The van der Waals surface area contributed by atoms with E-state index in [1.807, 2.05) is 0 Å². The van der Waals surface area contributed by atoms with Crippen LogP contribution in [0.4, 0.5) is 17.1 Å². The van der Waals surface area contributed by atoms with Gasteiger partial charge in [-0.05, 0) is 38.1 Å². The Morgan fingerprint density at radius 3 is 2.43 bits per heavy atom. The van der Waals surface area contributed by atoms with Gasteiger partial charge in [-0.1, -0.05) is 0 Å². The molecule has 3 rings (SSSR count). The lowest BCUT2D eigenvalue weighted by atomic mass is 9.93. The molecule has 1 N–H and O–H groups in total. The van der Waals surface area contributed by atoms with Crippen molar-refractivity contribution in [1.82, 2.24) is 0 Å². The topological polar surface area (TPSA) is 119 Å². The van der Waals surface area contributed by atoms with Crippen LogP contribution in [0.2, 0.25) is 0 Å². The van der Waals surface area contributed by atoms with E-state index < -0.39 is 20.4 Å². The Bertz CT molecular complexity index is 1050. The Morgan fingerprint density at radius 1 is 1.18 bits per heavy atom. The number of sulfonamides is 1. The molecule has 0 unspecified atom stereocenters. The van der Waals surface area contributed by atoms with Gasteiger partial charge in [-0.25, -0.2) is 8.42 Å². The quantitative estimate of drug-likeness (QED) is 0.617. The van der Waals surface area contributed by atoms with Gasteiger partial charge in [-0.2, -0.15) is 0 Å².